The van der Waals surface area contributed by atoms with Crippen molar-refractivity contribution in [1.29, 1.82) is 0 Å². The Hall–Kier alpha value is -1.92. The maximum atomic E-state index is 12.1. The molecule has 1 aromatic carbocycles. The predicted molar refractivity (Wildman–Crippen MR) is 81.5 cm³/mol. The number of carbonyl (C=O) groups excluding carboxylic acids is 1. The van der Waals surface area contributed by atoms with Gasteiger partial charge in [0, 0.05) is 23.8 Å². The number of carbonyl (C=O) groups is 1. The summed E-state index contributed by atoms with van der Waals surface area (Å²) in [7, 11) is -3.26. The molecule has 1 aromatic heterocycles. The van der Waals surface area contributed by atoms with Crippen molar-refractivity contribution in [1.82, 2.24) is 4.98 Å². The molecule has 0 radical (unpaired) electrons. The highest BCUT2D eigenvalue weighted by atomic mass is 35.5. The van der Waals surface area contributed by atoms with Crippen LogP contribution in [0.4, 0.5) is 5.69 Å². The van der Waals surface area contributed by atoms with E-state index in [0.29, 0.717) is 16.4 Å². The summed E-state index contributed by atoms with van der Waals surface area (Å²) in [6.45, 7) is 1.78. The molecule has 21 heavy (non-hydrogen) atoms. The Morgan fingerprint density at radius 2 is 1.86 bits per heavy atom. The number of benzene rings is 1. The van der Waals surface area contributed by atoms with Gasteiger partial charge in [-0.3, -0.25) is 9.78 Å². The van der Waals surface area contributed by atoms with Gasteiger partial charge in [0.2, 0.25) is 0 Å². The molecule has 110 valence electrons. The van der Waals surface area contributed by atoms with Crippen LogP contribution in [0.5, 0.6) is 0 Å². The van der Waals surface area contributed by atoms with Gasteiger partial charge >= 0.3 is 0 Å². The van der Waals surface area contributed by atoms with Gasteiger partial charge in [0.05, 0.1) is 15.5 Å². The van der Waals surface area contributed by atoms with Crippen LogP contribution in [0.3, 0.4) is 0 Å². The molecule has 1 heterocycles. The van der Waals surface area contributed by atoms with Crippen molar-refractivity contribution in [3.8, 4) is 0 Å². The number of hydrogen-bond donors (Lipinski definition) is 1. The van der Waals surface area contributed by atoms with Crippen LogP contribution in [-0.2, 0) is 9.84 Å². The third-order valence-electron chi connectivity index (χ3n) is 2.78. The number of aromatic nitrogens is 1. The van der Waals surface area contributed by atoms with E-state index in [1.54, 1.807) is 13.0 Å². The summed E-state index contributed by atoms with van der Waals surface area (Å²) < 4.78 is 22.7. The van der Waals surface area contributed by atoms with Gasteiger partial charge in [-0.15, -0.1) is 0 Å². The first-order valence-electron chi connectivity index (χ1n) is 6.01. The fourth-order valence-electron chi connectivity index (χ4n) is 1.68. The third kappa shape index (κ3) is 3.80. The van der Waals surface area contributed by atoms with Crippen molar-refractivity contribution in [3.05, 3.63) is 52.8 Å². The third-order valence-corrected chi connectivity index (χ3v) is 4.22. The minimum Gasteiger partial charge on any atom is -0.322 e. The first-order valence-corrected chi connectivity index (χ1v) is 8.28. The van der Waals surface area contributed by atoms with Gasteiger partial charge < -0.3 is 5.32 Å². The van der Waals surface area contributed by atoms with Gasteiger partial charge in [0.15, 0.2) is 9.84 Å². The van der Waals surface area contributed by atoms with Crippen LogP contribution >= 0.6 is 11.6 Å². The molecule has 2 rings (SSSR count). The zero-order valence-corrected chi connectivity index (χ0v) is 13.0. The van der Waals surface area contributed by atoms with Gasteiger partial charge in [-0.1, -0.05) is 11.6 Å². The minimum atomic E-state index is -3.26. The standard InChI is InChI=1S/C14H13ClN2O3S/c1-9-7-13(15)12(8-16-9)14(18)17-10-3-5-11(6-4-10)21(2,19)20/h3-8H,1-2H3,(H,17,18). The SMILES string of the molecule is Cc1cc(Cl)c(C(=O)Nc2ccc(S(C)(=O)=O)cc2)cn1. The molecule has 2 aromatic rings. The highest BCUT2D eigenvalue weighted by Gasteiger charge is 2.12. The van der Waals surface area contributed by atoms with Crippen LogP contribution in [-0.4, -0.2) is 25.6 Å². The largest absolute Gasteiger partial charge is 0.322 e. The maximum absolute atomic E-state index is 12.1. The van der Waals surface area contributed by atoms with Gasteiger partial charge in [0.1, 0.15) is 0 Å². The number of hydrogen-bond acceptors (Lipinski definition) is 4. The lowest BCUT2D eigenvalue weighted by Crippen LogP contribution is -2.13. The van der Waals surface area contributed by atoms with E-state index in [2.05, 4.69) is 10.3 Å². The molecule has 0 spiro atoms. The van der Waals surface area contributed by atoms with Crippen LogP contribution in [0.15, 0.2) is 41.4 Å². The summed E-state index contributed by atoms with van der Waals surface area (Å²) in [5, 5.41) is 2.95. The van der Waals surface area contributed by atoms with E-state index in [1.165, 1.54) is 30.5 Å². The molecule has 0 aliphatic heterocycles. The highest BCUT2D eigenvalue weighted by molar-refractivity contribution is 7.90. The van der Waals surface area contributed by atoms with Crippen molar-refractivity contribution in [3.63, 3.8) is 0 Å². The minimum absolute atomic E-state index is 0.190. The number of rotatable bonds is 3. The Morgan fingerprint density at radius 1 is 1.24 bits per heavy atom. The molecular formula is C14H13ClN2O3S. The quantitative estimate of drug-likeness (QED) is 0.941. The van der Waals surface area contributed by atoms with E-state index >= 15 is 0 Å². The first-order chi connectivity index (χ1) is 9.77. The Labute approximate surface area is 127 Å². The second-order valence-electron chi connectivity index (χ2n) is 4.56. The molecule has 0 unspecified atom stereocenters. The van der Waals surface area contributed by atoms with Crippen LogP contribution < -0.4 is 5.32 Å². The smallest absolute Gasteiger partial charge is 0.258 e. The zero-order valence-electron chi connectivity index (χ0n) is 11.4. The lowest BCUT2D eigenvalue weighted by molar-refractivity contribution is 0.102. The summed E-state index contributed by atoms with van der Waals surface area (Å²) in [5.41, 5.74) is 1.45. The van der Waals surface area contributed by atoms with Gasteiger partial charge in [-0.25, -0.2) is 8.42 Å². The van der Waals surface area contributed by atoms with Crippen LogP contribution in [0.2, 0.25) is 5.02 Å². The monoisotopic (exact) mass is 324 g/mol. The Morgan fingerprint density at radius 3 is 2.38 bits per heavy atom. The van der Waals surface area contributed by atoms with E-state index in [1.807, 2.05) is 0 Å². The predicted octanol–water partition coefficient (Wildman–Crippen LogP) is 2.70. The van der Waals surface area contributed by atoms with Gasteiger partial charge in [-0.2, -0.15) is 0 Å². The molecule has 0 atom stereocenters. The number of pyridine rings is 1. The molecule has 0 saturated heterocycles. The topological polar surface area (TPSA) is 76.1 Å². The molecule has 5 nitrogen and oxygen atoms in total. The lowest BCUT2D eigenvalue weighted by atomic mass is 10.2. The Kier molecular flexibility index (Phi) is 4.29. The maximum Gasteiger partial charge on any atom is 0.258 e. The Bertz CT molecular complexity index is 786. The van der Waals surface area contributed by atoms with Crippen molar-refractivity contribution < 1.29 is 13.2 Å². The average molecular weight is 325 g/mol. The number of amides is 1. The molecular weight excluding hydrogens is 312 g/mol. The fraction of sp³-hybridized carbons (Fsp3) is 0.143. The Balaban J connectivity index is 2.20. The van der Waals surface area contributed by atoms with Gasteiger partial charge in [-0.05, 0) is 37.3 Å². The lowest BCUT2D eigenvalue weighted by Gasteiger charge is -2.07. The van der Waals surface area contributed by atoms with E-state index in [4.69, 9.17) is 11.6 Å². The second kappa shape index (κ2) is 5.83. The average Bonchev–Trinajstić information content (AvgIpc) is 2.38. The van der Waals surface area contributed by atoms with Crippen molar-refractivity contribution in [2.45, 2.75) is 11.8 Å². The summed E-state index contributed by atoms with van der Waals surface area (Å²) >= 11 is 6.00. The van der Waals surface area contributed by atoms with Crippen molar-refractivity contribution >= 4 is 33.0 Å². The summed E-state index contributed by atoms with van der Waals surface area (Å²) in [6.07, 6.45) is 2.52. The zero-order chi connectivity index (χ0) is 15.6. The van der Waals surface area contributed by atoms with Crippen molar-refractivity contribution in [2.24, 2.45) is 0 Å². The number of anilines is 1. The van der Waals surface area contributed by atoms with Crippen LogP contribution in [0, 0.1) is 6.92 Å². The first kappa shape index (κ1) is 15.5. The van der Waals surface area contributed by atoms with E-state index < -0.39 is 15.7 Å². The summed E-state index contributed by atoms with van der Waals surface area (Å²) in [4.78, 5) is 16.3. The number of halogens is 1. The van der Waals surface area contributed by atoms with E-state index in [9.17, 15) is 13.2 Å². The summed E-state index contributed by atoms with van der Waals surface area (Å²) in [5.74, 6) is -0.403. The number of nitrogens with one attached hydrogen (secondary N) is 1. The number of nitrogens with zero attached hydrogens (tertiary/aromatic N) is 1. The molecule has 1 amide bonds. The fourth-order valence-corrected chi connectivity index (χ4v) is 2.60. The van der Waals surface area contributed by atoms with Crippen LogP contribution in [0.1, 0.15) is 16.1 Å². The molecule has 7 heteroatoms. The molecule has 1 N–H and O–H groups in total. The number of sulfone groups is 1. The molecule has 0 saturated carbocycles. The molecule has 0 aliphatic carbocycles. The normalized spacial score (nSPS) is 11.2. The van der Waals surface area contributed by atoms with Crippen molar-refractivity contribution in [2.75, 3.05) is 11.6 Å². The van der Waals surface area contributed by atoms with E-state index in [-0.39, 0.29) is 10.5 Å². The van der Waals surface area contributed by atoms with Gasteiger partial charge in [0.25, 0.3) is 5.91 Å². The second-order valence-corrected chi connectivity index (χ2v) is 6.98. The molecule has 0 fully saturated rings. The van der Waals surface area contributed by atoms with E-state index in [0.717, 1.165) is 6.26 Å². The van der Waals surface area contributed by atoms with Crippen LogP contribution in [0.25, 0.3) is 0 Å². The highest BCUT2D eigenvalue weighted by Crippen LogP contribution is 2.19. The number of aryl methyl sites for hydroxylation is 1. The molecule has 0 bridgehead atoms. The molecule has 0 aliphatic rings. The summed E-state index contributed by atoms with van der Waals surface area (Å²) in [6, 6.07) is 7.50.